The minimum absolute atomic E-state index is 0.00556. The smallest absolute Gasteiger partial charge is 0.322 e. The summed E-state index contributed by atoms with van der Waals surface area (Å²) < 4.78 is 27.6. The van der Waals surface area contributed by atoms with Gasteiger partial charge in [-0.25, -0.2) is 13.6 Å². The molecule has 1 fully saturated rings. The molecular formula is C13H13BrF2N2O3. The van der Waals surface area contributed by atoms with Gasteiger partial charge < -0.3 is 15.3 Å². The van der Waals surface area contributed by atoms with Crippen LogP contribution in [0, 0.1) is 11.6 Å². The van der Waals surface area contributed by atoms with E-state index in [2.05, 4.69) is 21.2 Å². The van der Waals surface area contributed by atoms with Gasteiger partial charge in [-0.1, -0.05) is 15.9 Å². The number of anilines is 1. The van der Waals surface area contributed by atoms with Crippen LogP contribution in [-0.4, -0.2) is 34.6 Å². The van der Waals surface area contributed by atoms with E-state index in [1.165, 1.54) is 4.90 Å². The predicted molar refractivity (Wildman–Crippen MR) is 75.1 cm³/mol. The standard InChI is InChI=1S/C13H13BrF2N2O3/c14-7-5-9(15)12(10(16)6-7)17-13(21)18(8-1-2-8)4-3-11(19)20/h5-6,8H,1-4H2,(H,17,21)(H,19,20). The molecule has 2 rings (SSSR count). The monoisotopic (exact) mass is 362 g/mol. The Kier molecular flexibility index (Phi) is 4.76. The summed E-state index contributed by atoms with van der Waals surface area (Å²) in [5.74, 6) is -2.83. The number of hydrogen-bond donors (Lipinski definition) is 2. The van der Waals surface area contributed by atoms with Gasteiger partial charge in [-0.15, -0.1) is 0 Å². The second-order valence-corrected chi connectivity index (χ2v) is 5.66. The van der Waals surface area contributed by atoms with Crippen LogP contribution >= 0.6 is 15.9 Å². The molecule has 1 aliphatic carbocycles. The van der Waals surface area contributed by atoms with E-state index in [1.54, 1.807) is 0 Å². The van der Waals surface area contributed by atoms with Crippen molar-refractivity contribution in [2.45, 2.75) is 25.3 Å². The molecule has 21 heavy (non-hydrogen) atoms. The van der Waals surface area contributed by atoms with Crippen molar-refractivity contribution in [3.63, 3.8) is 0 Å². The van der Waals surface area contributed by atoms with Crippen molar-refractivity contribution in [3.05, 3.63) is 28.2 Å². The summed E-state index contributed by atoms with van der Waals surface area (Å²) in [5, 5.41) is 10.8. The molecule has 0 unspecified atom stereocenters. The molecule has 0 aliphatic heterocycles. The number of carboxylic acid groups (broad SMARTS) is 1. The molecule has 1 saturated carbocycles. The molecular weight excluding hydrogens is 350 g/mol. The number of aliphatic carboxylic acids is 1. The Balaban J connectivity index is 2.10. The highest BCUT2D eigenvalue weighted by molar-refractivity contribution is 9.10. The zero-order valence-corrected chi connectivity index (χ0v) is 12.5. The van der Waals surface area contributed by atoms with E-state index in [-0.39, 0.29) is 23.5 Å². The lowest BCUT2D eigenvalue weighted by molar-refractivity contribution is -0.137. The van der Waals surface area contributed by atoms with E-state index in [0.717, 1.165) is 25.0 Å². The van der Waals surface area contributed by atoms with Gasteiger partial charge in [0, 0.05) is 17.1 Å². The third-order valence-electron chi connectivity index (χ3n) is 3.05. The number of carbonyl (C=O) groups is 2. The number of amides is 2. The SMILES string of the molecule is O=C(O)CCN(C(=O)Nc1c(F)cc(Br)cc1F)C1CC1. The second-order valence-electron chi connectivity index (χ2n) is 4.74. The van der Waals surface area contributed by atoms with Gasteiger partial charge in [0.2, 0.25) is 0 Å². The van der Waals surface area contributed by atoms with Gasteiger partial charge in [0.1, 0.15) is 5.69 Å². The molecule has 5 nitrogen and oxygen atoms in total. The maximum absolute atomic E-state index is 13.7. The van der Waals surface area contributed by atoms with Gasteiger partial charge in [0.05, 0.1) is 6.42 Å². The zero-order valence-electron chi connectivity index (χ0n) is 10.9. The normalized spacial score (nSPS) is 13.9. The van der Waals surface area contributed by atoms with Crippen LogP contribution in [0.3, 0.4) is 0 Å². The lowest BCUT2D eigenvalue weighted by atomic mass is 10.3. The number of urea groups is 1. The summed E-state index contributed by atoms with van der Waals surface area (Å²) in [6.45, 7) is 0.00556. The molecule has 0 spiro atoms. The first-order chi connectivity index (χ1) is 9.88. The largest absolute Gasteiger partial charge is 0.481 e. The molecule has 1 aromatic rings. The molecule has 8 heteroatoms. The Bertz CT molecular complexity index is 556. The minimum Gasteiger partial charge on any atom is -0.481 e. The topological polar surface area (TPSA) is 69.6 Å². The fourth-order valence-electron chi connectivity index (χ4n) is 1.89. The molecule has 0 heterocycles. The van der Waals surface area contributed by atoms with Crippen molar-refractivity contribution in [1.29, 1.82) is 0 Å². The fraction of sp³-hybridized carbons (Fsp3) is 0.385. The number of hydrogen-bond acceptors (Lipinski definition) is 2. The van der Waals surface area contributed by atoms with Crippen molar-refractivity contribution in [1.82, 2.24) is 4.90 Å². The third kappa shape index (κ3) is 4.13. The number of carboxylic acids is 1. The molecule has 1 aliphatic rings. The van der Waals surface area contributed by atoms with Crippen LogP contribution in [-0.2, 0) is 4.79 Å². The molecule has 0 radical (unpaired) electrons. The molecule has 0 bridgehead atoms. The lowest BCUT2D eigenvalue weighted by Gasteiger charge is -2.22. The summed E-state index contributed by atoms with van der Waals surface area (Å²) in [6.07, 6.45) is 1.31. The first kappa shape index (κ1) is 15.7. The third-order valence-corrected chi connectivity index (χ3v) is 3.51. The number of carbonyl (C=O) groups excluding carboxylic acids is 1. The van der Waals surface area contributed by atoms with Gasteiger partial charge in [-0.3, -0.25) is 4.79 Å². The van der Waals surface area contributed by atoms with Crippen LogP contribution in [0.15, 0.2) is 16.6 Å². The minimum atomic E-state index is -1.03. The Hall–Kier alpha value is -1.70. The van der Waals surface area contributed by atoms with Gasteiger partial charge in [-0.2, -0.15) is 0 Å². The maximum Gasteiger partial charge on any atom is 0.322 e. The number of nitrogens with one attached hydrogen (secondary N) is 1. The van der Waals surface area contributed by atoms with Crippen LogP contribution in [0.5, 0.6) is 0 Å². The number of benzene rings is 1. The Morgan fingerprint density at radius 2 is 1.90 bits per heavy atom. The molecule has 0 aromatic heterocycles. The molecule has 2 amide bonds. The molecule has 0 saturated heterocycles. The quantitative estimate of drug-likeness (QED) is 0.844. The first-order valence-electron chi connectivity index (χ1n) is 6.32. The summed E-state index contributed by atoms with van der Waals surface area (Å²) in [6, 6.07) is 1.32. The maximum atomic E-state index is 13.7. The highest BCUT2D eigenvalue weighted by Gasteiger charge is 2.33. The molecule has 2 N–H and O–H groups in total. The van der Waals surface area contributed by atoms with Crippen LogP contribution in [0.1, 0.15) is 19.3 Å². The predicted octanol–water partition coefficient (Wildman–Crippen LogP) is 3.20. The molecule has 0 atom stereocenters. The molecule has 114 valence electrons. The van der Waals surface area contributed by atoms with Crippen LogP contribution in [0.4, 0.5) is 19.3 Å². The van der Waals surface area contributed by atoms with E-state index in [4.69, 9.17) is 5.11 Å². The fourth-order valence-corrected chi connectivity index (χ4v) is 2.29. The molecule has 1 aromatic carbocycles. The Morgan fingerprint density at radius 3 is 2.38 bits per heavy atom. The van der Waals surface area contributed by atoms with E-state index in [0.29, 0.717) is 0 Å². The van der Waals surface area contributed by atoms with E-state index >= 15 is 0 Å². The van der Waals surface area contributed by atoms with E-state index in [9.17, 15) is 18.4 Å². The van der Waals surface area contributed by atoms with Crippen LogP contribution in [0.25, 0.3) is 0 Å². The van der Waals surface area contributed by atoms with Crippen LogP contribution < -0.4 is 5.32 Å². The number of rotatable bonds is 5. The Morgan fingerprint density at radius 1 is 1.33 bits per heavy atom. The van der Waals surface area contributed by atoms with Crippen molar-refractivity contribution in [3.8, 4) is 0 Å². The van der Waals surface area contributed by atoms with Gasteiger partial charge in [0.15, 0.2) is 11.6 Å². The van der Waals surface area contributed by atoms with Gasteiger partial charge in [-0.05, 0) is 25.0 Å². The number of nitrogens with zero attached hydrogens (tertiary/aromatic N) is 1. The Labute approximate surface area is 128 Å². The summed E-state index contributed by atoms with van der Waals surface area (Å²) >= 11 is 2.95. The van der Waals surface area contributed by atoms with Crippen LogP contribution in [0.2, 0.25) is 0 Å². The van der Waals surface area contributed by atoms with E-state index in [1.807, 2.05) is 0 Å². The van der Waals surface area contributed by atoms with Crippen molar-refractivity contribution >= 4 is 33.6 Å². The first-order valence-corrected chi connectivity index (χ1v) is 7.11. The van der Waals surface area contributed by atoms with Gasteiger partial charge in [0.25, 0.3) is 0 Å². The highest BCUT2D eigenvalue weighted by atomic mass is 79.9. The van der Waals surface area contributed by atoms with Gasteiger partial charge >= 0.3 is 12.0 Å². The summed E-state index contributed by atoms with van der Waals surface area (Å²) in [5.41, 5.74) is -0.538. The van der Waals surface area contributed by atoms with E-state index < -0.39 is 29.3 Å². The summed E-state index contributed by atoms with van der Waals surface area (Å²) in [4.78, 5) is 24.0. The number of halogens is 3. The highest BCUT2D eigenvalue weighted by Crippen LogP contribution is 2.29. The average molecular weight is 363 g/mol. The van der Waals surface area contributed by atoms with Crippen molar-refractivity contribution in [2.75, 3.05) is 11.9 Å². The van der Waals surface area contributed by atoms with Crippen molar-refractivity contribution in [2.24, 2.45) is 0 Å². The zero-order chi connectivity index (χ0) is 15.6. The second kappa shape index (κ2) is 6.38. The summed E-state index contributed by atoms with van der Waals surface area (Å²) in [7, 11) is 0. The lowest BCUT2D eigenvalue weighted by Crippen LogP contribution is -2.38. The average Bonchev–Trinajstić information content (AvgIpc) is 3.18. The van der Waals surface area contributed by atoms with Crippen molar-refractivity contribution < 1.29 is 23.5 Å².